The molecular formula is C39H40O11. The monoisotopic (exact) mass is 684 g/mol. The normalized spacial score (nSPS) is 15.2. The number of benzene rings is 3. The van der Waals surface area contributed by atoms with E-state index >= 15 is 0 Å². The quantitative estimate of drug-likeness (QED) is 0.0484. The number of carbonyl (C=O) groups is 6. The second-order valence-electron chi connectivity index (χ2n) is 11.9. The van der Waals surface area contributed by atoms with E-state index in [1.54, 1.807) is 43.3 Å². The highest BCUT2D eigenvalue weighted by molar-refractivity contribution is 5.95. The number of aldehydes is 2. The summed E-state index contributed by atoms with van der Waals surface area (Å²) in [6, 6.07) is 15.4. The van der Waals surface area contributed by atoms with Crippen LogP contribution in [0.3, 0.4) is 0 Å². The van der Waals surface area contributed by atoms with Crippen LogP contribution in [-0.2, 0) is 19.1 Å². The molecule has 0 unspecified atom stereocenters. The Morgan fingerprint density at radius 2 is 1.38 bits per heavy atom. The maximum absolute atomic E-state index is 12.9. The van der Waals surface area contributed by atoms with Gasteiger partial charge in [-0.3, -0.25) is 14.4 Å². The van der Waals surface area contributed by atoms with Crippen LogP contribution in [0.15, 0.2) is 73.3 Å². The topological polar surface area (TPSA) is 149 Å². The van der Waals surface area contributed by atoms with Crippen LogP contribution in [0.25, 0.3) is 0 Å². The van der Waals surface area contributed by atoms with Crippen molar-refractivity contribution in [2.45, 2.75) is 64.4 Å². The van der Waals surface area contributed by atoms with Gasteiger partial charge in [0.25, 0.3) is 0 Å². The molecule has 1 fully saturated rings. The lowest BCUT2D eigenvalue weighted by Crippen LogP contribution is -2.30. The summed E-state index contributed by atoms with van der Waals surface area (Å²) >= 11 is 0. The van der Waals surface area contributed by atoms with Crippen LogP contribution in [0.1, 0.15) is 98.4 Å². The third-order valence-electron chi connectivity index (χ3n) is 8.26. The van der Waals surface area contributed by atoms with Crippen LogP contribution in [0, 0.1) is 12.8 Å². The molecule has 0 aromatic heterocycles. The Balaban J connectivity index is 1.20. The SMILES string of the molecule is C=CC(=O)OCCCCCCOc1ccc(C(=O)Oc2ccc(C(=O)OC3CCC(C(=O)Oc4ccc(C)c(C=O)c4)CC3)cc2C=O)cc1. The van der Waals surface area contributed by atoms with Crippen LogP contribution >= 0.6 is 0 Å². The van der Waals surface area contributed by atoms with Gasteiger partial charge in [0.2, 0.25) is 0 Å². The number of esters is 4. The van der Waals surface area contributed by atoms with E-state index in [0.29, 0.717) is 68.5 Å². The van der Waals surface area contributed by atoms with Gasteiger partial charge < -0.3 is 23.7 Å². The maximum Gasteiger partial charge on any atom is 0.343 e. The molecule has 0 atom stereocenters. The van der Waals surface area contributed by atoms with E-state index < -0.39 is 30.0 Å². The zero-order valence-corrected chi connectivity index (χ0v) is 27.9. The van der Waals surface area contributed by atoms with Gasteiger partial charge in [0.15, 0.2) is 6.29 Å². The zero-order chi connectivity index (χ0) is 35.9. The summed E-state index contributed by atoms with van der Waals surface area (Å²) in [4.78, 5) is 72.4. The van der Waals surface area contributed by atoms with Crippen molar-refractivity contribution in [3.05, 3.63) is 101 Å². The summed E-state index contributed by atoms with van der Waals surface area (Å²) in [5.74, 6) is -1.62. The molecule has 11 heteroatoms. The molecule has 0 bridgehead atoms. The average molecular weight is 685 g/mol. The molecule has 0 radical (unpaired) electrons. The first-order chi connectivity index (χ1) is 24.2. The minimum absolute atomic E-state index is 0.00556. The lowest BCUT2D eigenvalue weighted by atomic mass is 9.87. The molecule has 4 rings (SSSR count). The van der Waals surface area contributed by atoms with Crippen molar-refractivity contribution in [3.8, 4) is 17.2 Å². The molecule has 1 saturated carbocycles. The van der Waals surface area contributed by atoms with Crippen molar-refractivity contribution in [3.63, 3.8) is 0 Å². The molecule has 0 saturated heterocycles. The minimum atomic E-state index is -0.686. The number of rotatable bonds is 17. The fourth-order valence-electron chi connectivity index (χ4n) is 5.33. The van der Waals surface area contributed by atoms with Crippen LogP contribution < -0.4 is 14.2 Å². The first-order valence-electron chi connectivity index (χ1n) is 16.5. The first-order valence-corrected chi connectivity index (χ1v) is 16.5. The van der Waals surface area contributed by atoms with Crippen molar-refractivity contribution < 1.29 is 52.5 Å². The van der Waals surface area contributed by atoms with Gasteiger partial charge in [0.1, 0.15) is 29.6 Å². The largest absolute Gasteiger partial charge is 0.494 e. The zero-order valence-electron chi connectivity index (χ0n) is 27.9. The van der Waals surface area contributed by atoms with E-state index in [2.05, 4.69) is 6.58 Å². The number of unbranched alkanes of at least 4 members (excludes halogenated alkanes) is 3. The minimum Gasteiger partial charge on any atom is -0.494 e. The number of hydrogen-bond acceptors (Lipinski definition) is 11. The molecule has 0 N–H and O–H groups in total. The smallest absolute Gasteiger partial charge is 0.343 e. The van der Waals surface area contributed by atoms with Crippen LogP contribution in [0.2, 0.25) is 0 Å². The third-order valence-corrected chi connectivity index (χ3v) is 8.26. The number of hydrogen-bond donors (Lipinski definition) is 0. The molecule has 1 aliphatic rings. The van der Waals surface area contributed by atoms with Crippen LogP contribution in [0.5, 0.6) is 17.2 Å². The second-order valence-corrected chi connectivity index (χ2v) is 11.9. The van der Waals surface area contributed by atoms with Crippen molar-refractivity contribution in [1.82, 2.24) is 0 Å². The van der Waals surface area contributed by atoms with E-state index in [-0.39, 0.29) is 28.4 Å². The van der Waals surface area contributed by atoms with E-state index in [0.717, 1.165) is 37.3 Å². The standard InChI is InChI=1S/C39H40O11/c1-3-36(42)47-21-7-5-4-6-20-46-32-15-9-28(10-16-32)38(44)50-35-19-13-29(22-31(35)25-41)39(45)48-33-17-11-27(12-18-33)37(43)49-34-14-8-26(2)30(23-34)24-40/h3,8-10,13-16,19,22-25,27,33H,1,4-7,11-12,17-18,20-21H2,2H3. The first kappa shape index (κ1) is 37.2. The Morgan fingerprint density at radius 1 is 0.720 bits per heavy atom. The fourth-order valence-corrected chi connectivity index (χ4v) is 5.33. The van der Waals surface area contributed by atoms with Crippen molar-refractivity contribution in [2.75, 3.05) is 13.2 Å². The van der Waals surface area contributed by atoms with Gasteiger partial charge in [0, 0.05) is 11.6 Å². The summed E-state index contributed by atoms with van der Waals surface area (Å²) < 4.78 is 27.2. The molecule has 11 nitrogen and oxygen atoms in total. The highest BCUT2D eigenvalue weighted by atomic mass is 16.6. The number of carbonyl (C=O) groups excluding carboxylic acids is 6. The predicted octanol–water partition coefficient (Wildman–Crippen LogP) is 6.83. The third kappa shape index (κ3) is 11.0. The Labute approximate surface area is 290 Å². The van der Waals surface area contributed by atoms with E-state index in [1.807, 2.05) is 0 Å². The second kappa shape index (κ2) is 18.8. The average Bonchev–Trinajstić information content (AvgIpc) is 3.13. The van der Waals surface area contributed by atoms with E-state index in [1.165, 1.54) is 24.3 Å². The number of aryl methyl sites for hydroxylation is 1. The number of ether oxygens (including phenoxy) is 5. The Hall–Kier alpha value is -5.58. The van der Waals surface area contributed by atoms with E-state index in [4.69, 9.17) is 23.7 Å². The Bertz CT molecular complexity index is 1680. The molecular weight excluding hydrogens is 644 g/mol. The van der Waals surface area contributed by atoms with Gasteiger partial charge >= 0.3 is 23.9 Å². The summed E-state index contributed by atoms with van der Waals surface area (Å²) in [7, 11) is 0. The molecule has 50 heavy (non-hydrogen) atoms. The van der Waals surface area contributed by atoms with Crippen molar-refractivity contribution in [1.29, 1.82) is 0 Å². The molecule has 0 amide bonds. The van der Waals surface area contributed by atoms with Gasteiger partial charge in [-0.15, -0.1) is 0 Å². The van der Waals surface area contributed by atoms with Gasteiger partial charge in [-0.05, 0) is 118 Å². The highest BCUT2D eigenvalue weighted by Gasteiger charge is 2.30. The molecule has 0 spiro atoms. The predicted molar refractivity (Wildman–Crippen MR) is 182 cm³/mol. The fraction of sp³-hybridized carbons (Fsp3) is 0.333. The summed E-state index contributed by atoms with van der Waals surface area (Å²) in [5.41, 5.74) is 1.61. The van der Waals surface area contributed by atoms with Crippen LogP contribution in [-0.4, -0.2) is 55.8 Å². The summed E-state index contributed by atoms with van der Waals surface area (Å²) in [6.07, 6.45) is 7.14. The molecule has 262 valence electrons. The maximum atomic E-state index is 12.9. The van der Waals surface area contributed by atoms with Crippen molar-refractivity contribution in [2.24, 2.45) is 5.92 Å². The Kier molecular flexibility index (Phi) is 14.0. The van der Waals surface area contributed by atoms with Gasteiger partial charge in [-0.25, -0.2) is 14.4 Å². The van der Waals surface area contributed by atoms with Gasteiger partial charge in [-0.2, -0.15) is 0 Å². The molecule has 1 aliphatic carbocycles. The molecule has 0 heterocycles. The lowest BCUT2D eigenvalue weighted by Gasteiger charge is -2.27. The summed E-state index contributed by atoms with van der Waals surface area (Å²) in [6.45, 7) is 6.00. The van der Waals surface area contributed by atoms with Crippen molar-refractivity contribution >= 4 is 36.4 Å². The molecule has 3 aromatic carbocycles. The molecule has 0 aliphatic heterocycles. The van der Waals surface area contributed by atoms with Gasteiger partial charge in [-0.1, -0.05) is 12.6 Å². The molecule has 3 aromatic rings. The highest BCUT2D eigenvalue weighted by Crippen LogP contribution is 2.30. The van der Waals surface area contributed by atoms with Crippen LogP contribution in [0.4, 0.5) is 0 Å². The lowest BCUT2D eigenvalue weighted by molar-refractivity contribution is -0.140. The summed E-state index contributed by atoms with van der Waals surface area (Å²) in [5, 5.41) is 0. The van der Waals surface area contributed by atoms with E-state index in [9.17, 15) is 28.8 Å². The Morgan fingerprint density at radius 3 is 2.06 bits per heavy atom. The van der Waals surface area contributed by atoms with Gasteiger partial charge in [0.05, 0.1) is 35.8 Å².